The van der Waals surface area contributed by atoms with Crippen LogP contribution in [0.4, 0.5) is 0 Å². The fourth-order valence-corrected chi connectivity index (χ4v) is 1.78. The maximum absolute atomic E-state index is 11.9. The Kier molecular flexibility index (Phi) is 3.24. The Bertz CT molecular complexity index is 410. The van der Waals surface area contributed by atoms with Crippen molar-refractivity contribution in [1.82, 2.24) is 0 Å². The van der Waals surface area contributed by atoms with E-state index in [1.165, 1.54) is 0 Å². The Balaban J connectivity index is 3.32. The number of aryl methyl sites for hydroxylation is 3. The molecule has 3 heteroatoms. The van der Waals surface area contributed by atoms with Gasteiger partial charge in [0.1, 0.15) is 5.71 Å². The van der Waals surface area contributed by atoms with E-state index in [9.17, 15) is 4.79 Å². The number of carbonyl (C=O) groups is 1. The van der Waals surface area contributed by atoms with Gasteiger partial charge in [0.2, 0.25) is 5.78 Å². The zero-order valence-electron chi connectivity index (χ0n) is 9.59. The molecule has 1 aromatic rings. The van der Waals surface area contributed by atoms with E-state index in [2.05, 4.69) is 5.10 Å². The predicted octanol–water partition coefficient (Wildman–Crippen LogP) is 2.13. The first-order chi connectivity index (χ1) is 6.97. The van der Waals surface area contributed by atoms with Crippen LogP contribution in [0.3, 0.4) is 0 Å². The van der Waals surface area contributed by atoms with E-state index in [-0.39, 0.29) is 5.78 Å². The molecule has 0 amide bonds. The second kappa shape index (κ2) is 4.26. The van der Waals surface area contributed by atoms with E-state index in [0.29, 0.717) is 11.3 Å². The van der Waals surface area contributed by atoms with Crippen molar-refractivity contribution in [2.75, 3.05) is 0 Å². The lowest BCUT2D eigenvalue weighted by Crippen LogP contribution is -2.15. The number of hydrogen-bond donors (Lipinski definition) is 1. The van der Waals surface area contributed by atoms with Crippen molar-refractivity contribution < 1.29 is 4.79 Å². The van der Waals surface area contributed by atoms with Crippen LogP contribution in [0.2, 0.25) is 0 Å². The summed E-state index contributed by atoms with van der Waals surface area (Å²) in [5.74, 6) is 5.02. The minimum absolute atomic E-state index is 0.0903. The number of hydrazone groups is 1. The molecule has 0 aliphatic carbocycles. The summed E-state index contributed by atoms with van der Waals surface area (Å²) in [5.41, 5.74) is 4.15. The highest BCUT2D eigenvalue weighted by molar-refractivity contribution is 6.45. The second-order valence-corrected chi connectivity index (χ2v) is 3.82. The molecule has 0 aromatic heterocycles. The zero-order chi connectivity index (χ0) is 11.6. The van der Waals surface area contributed by atoms with E-state index in [1.54, 1.807) is 6.92 Å². The Labute approximate surface area is 90.0 Å². The summed E-state index contributed by atoms with van der Waals surface area (Å²) in [6.45, 7) is 7.49. The van der Waals surface area contributed by atoms with E-state index >= 15 is 0 Å². The second-order valence-electron chi connectivity index (χ2n) is 3.82. The van der Waals surface area contributed by atoms with E-state index in [4.69, 9.17) is 5.84 Å². The zero-order valence-corrected chi connectivity index (χ0v) is 9.59. The van der Waals surface area contributed by atoms with Gasteiger partial charge < -0.3 is 5.84 Å². The molecule has 15 heavy (non-hydrogen) atoms. The van der Waals surface area contributed by atoms with Gasteiger partial charge in [-0.15, -0.1) is 0 Å². The SMILES string of the molecule is C/C(=N\N)C(=O)c1c(C)cc(C)cc1C. The van der Waals surface area contributed by atoms with Crippen molar-refractivity contribution in [3.63, 3.8) is 0 Å². The minimum atomic E-state index is -0.0903. The molecule has 0 saturated carbocycles. The van der Waals surface area contributed by atoms with Gasteiger partial charge >= 0.3 is 0 Å². The number of nitrogens with zero attached hydrogens (tertiary/aromatic N) is 1. The normalized spacial score (nSPS) is 11.6. The van der Waals surface area contributed by atoms with E-state index in [1.807, 2.05) is 32.9 Å². The van der Waals surface area contributed by atoms with Crippen LogP contribution in [0.25, 0.3) is 0 Å². The van der Waals surface area contributed by atoms with Gasteiger partial charge in [0, 0.05) is 5.56 Å². The molecule has 0 fully saturated rings. The lowest BCUT2D eigenvalue weighted by Gasteiger charge is -2.09. The van der Waals surface area contributed by atoms with Crippen LogP contribution in [0.1, 0.15) is 34.0 Å². The Morgan fingerprint density at radius 2 is 1.67 bits per heavy atom. The van der Waals surface area contributed by atoms with Crippen LogP contribution in [0.15, 0.2) is 17.2 Å². The highest BCUT2D eigenvalue weighted by Crippen LogP contribution is 2.17. The summed E-state index contributed by atoms with van der Waals surface area (Å²) < 4.78 is 0. The summed E-state index contributed by atoms with van der Waals surface area (Å²) in [4.78, 5) is 11.9. The first-order valence-corrected chi connectivity index (χ1v) is 4.84. The molecule has 0 bridgehead atoms. The van der Waals surface area contributed by atoms with Crippen molar-refractivity contribution in [1.29, 1.82) is 0 Å². The summed E-state index contributed by atoms with van der Waals surface area (Å²) in [7, 11) is 0. The number of carbonyl (C=O) groups excluding carboxylic acids is 1. The lowest BCUT2D eigenvalue weighted by molar-refractivity contribution is 0.106. The molecule has 0 atom stereocenters. The molecule has 80 valence electrons. The molecule has 0 saturated heterocycles. The number of benzene rings is 1. The predicted molar refractivity (Wildman–Crippen MR) is 62.3 cm³/mol. The van der Waals surface area contributed by atoms with E-state index in [0.717, 1.165) is 16.7 Å². The molecule has 1 rings (SSSR count). The van der Waals surface area contributed by atoms with Crippen molar-refractivity contribution in [3.8, 4) is 0 Å². The van der Waals surface area contributed by atoms with E-state index < -0.39 is 0 Å². The number of ketones is 1. The molecule has 0 spiro atoms. The fraction of sp³-hybridized carbons (Fsp3) is 0.333. The molecule has 2 N–H and O–H groups in total. The molecule has 0 unspecified atom stereocenters. The third-order valence-electron chi connectivity index (χ3n) is 2.43. The molecule has 0 radical (unpaired) electrons. The van der Waals surface area contributed by atoms with Crippen LogP contribution in [-0.2, 0) is 0 Å². The van der Waals surface area contributed by atoms with Crippen molar-refractivity contribution in [3.05, 3.63) is 34.4 Å². The topological polar surface area (TPSA) is 55.4 Å². The lowest BCUT2D eigenvalue weighted by atomic mass is 9.95. The van der Waals surface area contributed by atoms with Crippen molar-refractivity contribution >= 4 is 11.5 Å². The van der Waals surface area contributed by atoms with Crippen LogP contribution < -0.4 is 5.84 Å². The van der Waals surface area contributed by atoms with Crippen LogP contribution in [0, 0.1) is 20.8 Å². The van der Waals surface area contributed by atoms with Gasteiger partial charge in [0.05, 0.1) is 0 Å². The molecule has 3 nitrogen and oxygen atoms in total. The number of rotatable bonds is 2. The third kappa shape index (κ3) is 2.24. The average Bonchev–Trinajstić information content (AvgIpc) is 2.14. The molecular weight excluding hydrogens is 188 g/mol. The summed E-state index contributed by atoms with van der Waals surface area (Å²) in [5, 5.41) is 3.44. The van der Waals surface area contributed by atoms with Gasteiger partial charge in [-0.05, 0) is 38.8 Å². The number of nitrogens with two attached hydrogens (primary N) is 1. The Hall–Kier alpha value is -1.64. The maximum atomic E-state index is 11.9. The van der Waals surface area contributed by atoms with Gasteiger partial charge in [0.15, 0.2) is 0 Å². The van der Waals surface area contributed by atoms with Gasteiger partial charge in [-0.1, -0.05) is 17.7 Å². The van der Waals surface area contributed by atoms with Gasteiger partial charge in [-0.25, -0.2) is 0 Å². The van der Waals surface area contributed by atoms with Crippen molar-refractivity contribution in [2.24, 2.45) is 10.9 Å². The van der Waals surface area contributed by atoms with Gasteiger partial charge in [-0.2, -0.15) is 5.10 Å². The van der Waals surface area contributed by atoms with Crippen LogP contribution in [-0.4, -0.2) is 11.5 Å². The maximum Gasteiger partial charge on any atom is 0.209 e. The monoisotopic (exact) mass is 204 g/mol. The molecular formula is C12H16N2O. The van der Waals surface area contributed by atoms with Gasteiger partial charge in [0.25, 0.3) is 0 Å². The first kappa shape index (κ1) is 11.4. The molecule has 1 aromatic carbocycles. The third-order valence-corrected chi connectivity index (χ3v) is 2.43. The highest BCUT2D eigenvalue weighted by atomic mass is 16.1. The summed E-state index contributed by atoms with van der Waals surface area (Å²) in [6.07, 6.45) is 0. The first-order valence-electron chi connectivity index (χ1n) is 4.84. The van der Waals surface area contributed by atoms with Crippen molar-refractivity contribution in [2.45, 2.75) is 27.7 Å². The Morgan fingerprint density at radius 3 is 2.07 bits per heavy atom. The van der Waals surface area contributed by atoms with Crippen LogP contribution in [0.5, 0.6) is 0 Å². The number of hydrogen-bond acceptors (Lipinski definition) is 3. The largest absolute Gasteiger partial charge is 0.323 e. The average molecular weight is 204 g/mol. The molecule has 0 aliphatic heterocycles. The molecule has 0 heterocycles. The fourth-order valence-electron chi connectivity index (χ4n) is 1.78. The summed E-state index contributed by atoms with van der Waals surface area (Å²) in [6, 6.07) is 3.98. The highest BCUT2D eigenvalue weighted by Gasteiger charge is 2.15. The van der Waals surface area contributed by atoms with Crippen LogP contribution >= 0.6 is 0 Å². The standard InChI is InChI=1S/C12H16N2O/c1-7-5-8(2)11(9(3)6-7)12(15)10(4)14-13/h5-6H,13H2,1-4H3/b14-10+. The molecule has 0 aliphatic rings. The Morgan fingerprint density at radius 1 is 1.20 bits per heavy atom. The quantitative estimate of drug-likeness (QED) is 0.347. The smallest absolute Gasteiger partial charge is 0.209 e. The number of Topliss-reactive ketones (excluding diaryl/α,β-unsaturated/α-hetero) is 1. The minimum Gasteiger partial charge on any atom is -0.323 e. The summed E-state index contributed by atoms with van der Waals surface area (Å²) >= 11 is 0. The van der Waals surface area contributed by atoms with Gasteiger partial charge in [-0.3, -0.25) is 4.79 Å².